The van der Waals surface area contributed by atoms with Gasteiger partial charge in [0.2, 0.25) is 5.91 Å². The molecule has 2 heterocycles. The van der Waals surface area contributed by atoms with Crippen LogP contribution in [0.1, 0.15) is 28.8 Å². The number of likely N-dealkylation sites (N-methyl/N-ethyl adjacent to an activating group) is 1. The van der Waals surface area contributed by atoms with Crippen LogP contribution < -0.4 is 10.5 Å². The molecule has 136 valence electrons. The summed E-state index contributed by atoms with van der Waals surface area (Å²) in [5.41, 5.74) is 2.76. The van der Waals surface area contributed by atoms with E-state index in [2.05, 4.69) is 4.98 Å². The highest BCUT2D eigenvalue weighted by atomic mass is 32.1. The van der Waals surface area contributed by atoms with E-state index in [1.165, 1.54) is 15.9 Å². The lowest BCUT2D eigenvalue weighted by atomic mass is 10.2. The van der Waals surface area contributed by atoms with Crippen LogP contribution in [0.25, 0.3) is 10.2 Å². The third kappa shape index (κ3) is 3.17. The smallest absolute Gasteiger partial charge is 0.263 e. The fourth-order valence-corrected chi connectivity index (χ4v) is 4.20. The van der Waals surface area contributed by atoms with Gasteiger partial charge in [-0.05, 0) is 57.9 Å². The topological polar surface area (TPSA) is 55.2 Å². The molecule has 26 heavy (non-hydrogen) atoms. The van der Waals surface area contributed by atoms with Crippen LogP contribution in [0.2, 0.25) is 0 Å². The highest BCUT2D eigenvalue weighted by molar-refractivity contribution is 7.18. The molecule has 0 unspecified atom stereocenters. The molecule has 0 aliphatic heterocycles. The number of aryl methyl sites for hydroxylation is 4. The number of benzene rings is 1. The van der Waals surface area contributed by atoms with E-state index in [1.54, 1.807) is 11.8 Å². The van der Waals surface area contributed by atoms with Crippen LogP contribution in [0.4, 0.5) is 5.69 Å². The van der Waals surface area contributed by atoms with Gasteiger partial charge in [-0.15, -0.1) is 11.3 Å². The summed E-state index contributed by atoms with van der Waals surface area (Å²) in [6.07, 6.45) is 0. The largest absolute Gasteiger partial charge is 0.311 e. The minimum absolute atomic E-state index is 0.0102. The second kappa shape index (κ2) is 7.03. The van der Waals surface area contributed by atoms with Gasteiger partial charge in [-0.1, -0.05) is 12.1 Å². The van der Waals surface area contributed by atoms with Crippen molar-refractivity contribution in [2.75, 3.05) is 11.4 Å². The van der Waals surface area contributed by atoms with Crippen molar-refractivity contribution < 1.29 is 4.79 Å². The Morgan fingerprint density at radius 2 is 1.96 bits per heavy atom. The SMILES string of the molecule is CCN(C(=O)Cn1c(C)nc2sc(C)c(C)c2c1=O)c1cccc(C)c1. The van der Waals surface area contributed by atoms with Crippen molar-refractivity contribution in [2.45, 2.75) is 41.2 Å². The summed E-state index contributed by atoms with van der Waals surface area (Å²) in [5, 5.41) is 0.629. The van der Waals surface area contributed by atoms with E-state index in [0.29, 0.717) is 17.8 Å². The predicted octanol–water partition coefficient (Wildman–Crippen LogP) is 3.74. The lowest BCUT2D eigenvalue weighted by Crippen LogP contribution is -2.37. The summed E-state index contributed by atoms with van der Waals surface area (Å²) in [6.45, 7) is 10.2. The van der Waals surface area contributed by atoms with E-state index in [1.807, 2.05) is 52.0 Å². The van der Waals surface area contributed by atoms with Crippen LogP contribution in [-0.4, -0.2) is 22.0 Å². The maximum atomic E-state index is 13.0. The van der Waals surface area contributed by atoms with E-state index in [4.69, 9.17) is 0 Å². The lowest BCUT2D eigenvalue weighted by molar-refractivity contribution is -0.119. The number of anilines is 1. The van der Waals surface area contributed by atoms with Crippen molar-refractivity contribution in [1.82, 2.24) is 9.55 Å². The number of hydrogen-bond donors (Lipinski definition) is 0. The molecule has 3 aromatic rings. The maximum Gasteiger partial charge on any atom is 0.263 e. The van der Waals surface area contributed by atoms with Gasteiger partial charge in [-0.2, -0.15) is 0 Å². The number of nitrogens with zero attached hydrogens (tertiary/aromatic N) is 3. The number of carbonyl (C=O) groups is 1. The summed E-state index contributed by atoms with van der Waals surface area (Å²) >= 11 is 1.52. The molecular formula is C20H23N3O2S. The molecule has 0 saturated carbocycles. The van der Waals surface area contributed by atoms with Crippen LogP contribution >= 0.6 is 11.3 Å². The average Bonchev–Trinajstić information content (AvgIpc) is 2.86. The van der Waals surface area contributed by atoms with Gasteiger partial charge in [0.1, 0.15) is 17.2 Å². The predicted molar refractivity (Wildman–Crippen MR) is 107 cm³/mol. The van der Waals surface area contributed by atoms with E-state index < -0.39 is 0 Å². The maximum absolute atomic E-state index is 13.0. The molecule has 1 amide bonds. The Hall–Kier alpha value is -2.47. The zero-order chi connectivity index (χ0) is 19.0. The van der Waals surface area contributed by atoms with Crippen molar-refractivity contribution in [3.63, 3.8) is 0 Å². The van der Waals surface area contributed by atoms with Gasteiger partial charge in [0.25, 0.3) is 5.56 Å². The van der Waals surface area contributed by atoms with Crippen LogP contribution in [0, 0.1) is 27.7 Å². The molecule has 2 aromatic heterocycles. The van der Waals surface area contributed by atoms with Crippen LogP contribution in [-0.2, 0) is 11.3 Å². The molecular weight excluding hydrogens is 346 g/mol. The second-order valence-electron chi connectivity index (χ2n) is 6.49. The highest BCUT2D eigenvalue weighted by Crippen LogP contribution is 2.26. The molecule has 0 bridgehead atoms. The van der Waals surface area contributed by atoms with Gasteiger partial charge < -0.3 is 4.90 Å². The first-order valence-corrected chi connectivity index (χ1v) is 9.49. The first-order chi connectivity index (χ1) is 12.3. The molecule has 0 fully saturated rings. The third-order valence-corrected chi connectivity index (χ3v) is 5.80. The van der Waals surface area contributed by atoms with Gasteiger partial charge in [-0.3, -0.25) is 14.2 Å². The Labute approximate surface area is 156 Å². The standard InChI is InChI=1S/C20H23N3O2S/c1-6-22(16-9-7-8-12(2)10-16)17(24)11-23-15(5)21-19-18(20(23)25)13(3)14(4)26-19/h7-10H,6,11H2,1-5H3. The molecule has 0 radical (unpaired) electrons. The number of aromatic nitrogens is 2. The minimum atomic E-state index is -0.136. The zero-order valence-electron chi connectivity index (χ0n) is 15.8. The number of amides is 1. The number of thiophene rings is 1. The fourth-order valence-electron chi connectivity index (χ4n) is 3.13. The Bertz CT molecular complexity index is 1050. The van der Waals surface area contributed by atoms with Gasteiger partial charge >= 0.3 is 0 Å². The Morgan fingerprint density at radius 1 is 1.23 bits per heavy atom. The first kappa shape index (κ1) is 18.3. The van der Waals surface area contributed by atoms with Crippen molar-refractivity contribution in [3.05, 3.63) is 56.4 Å². The molecule has 1 aromatic carbocycles. The van der Waals surface area contributed by atoms with Crippen molar-refractivity contribution >= 4 is 33.1 Å². The van der Waals surface area contributed by atoms with Gasteiger partial charge in [0.15, 0.2) is 0 Å². The van der Waals surface area contributed by atoms with E-state index in [0.717, 1.165) is 26.5 Å². The molecule has 0 N–H and O–H groups in total. The van der Waals surface area contributed by atoms with E-state index >= 15 is 0 Å². The van der Waals surface area contributed by atoms with Crippen LogP contribution in [0.5, 0.6) is 0 Å². The monoisotopic (exact) mass is 369 g/mol. The number of rotatable bonds is 4. The molecule has 0 atom stereocenters. The van der Waals surface area contributed by atoms with Crippen molar-refractivity contribution in [2.24, 2.45) is 0 Å². The van der Waals surface area contributed by atoms with Crippen LogP contribution in [0.3, 0.4) is 0 Å². The molecule has 3 rings (SSSR count). The van der Waals surface area contributed by atoms with E-state index in [-0.39, 0.29) is 18.0 Å². The Balaban J connectivity index is 2.01. The number of carbonyl (C=O) groups excluding carboxylic acids is 1. The molecule has 0 aliphatic rings. The molecule has 0 aliphatic carbocycles. The summed E-state index contributed by atoms with van der Waals surface area (Å²) in [5.74, 6) is 0.450. The van der Waals surface area contributed by atoms with Crippen molar-refractivity contribution in [1.29, 1.82) is 0 Å². The number of fused-ring (bicyclic) bond motifs is 1. The Morgan fingerprint density at radius 3 is 2.62 bits per heavy atom. The lowest BCUT2D eigenvalue weighted by Gasteiger charge is -2.22. The first-order valence-electron chi connectivity index (χ1n) is 8.67. The molecule has 6 heteroatoms. The molecule has 0 saturated heterocycles. The quantitative estimate of drug-likeness (QED) is 0.704. The van der Waals surface area contributed by atoms with Crippen molar-refractivity contribution in [3.8, 4) is 0 Å². The zero-order valence-corrected chi connectivity index (χ0v) is 16.6. The van der Waals surface area contributed by atoms with Gasteiger partial charge in [0, 0.05) is 17.1 Å². The second-order valence-corrected chi connectivity index (χ2v) is 7.69. The summed E-state index contributed by atoms with van der Waals surface area (Å²) < 4.78 is 1.49. The van der Waals surface area contributed by atoms with Gasteiger partial charge in [-0.25, -0.2) is 4.98 Å². The van der Waals surface area contributed by atoms with E-state index in [9.17, 15) is 9.59 Å². The Kier molecular flexibility index (Phi) is 4.96. The highest BCUT2D eigenvalue weighted by Gasteiger charge is 2.19. The molecule has 5 nitrogen and oxygen atoms in total. The third-order valence-electron chi connectivity index (χ3n) is 4.70. The normalized spacial score (nSPS) is 11.1. The summed E-state index contributed by atoms with van der Waals surface area (Å²) in [7, 11) is 0. The average molecular weight is 369 g/mol. The summed E-state index contributed by atoms with van der Waals surface area (Å²) in [4.78, 5) is 34.0. The minimum Gasteiger partial charge on any atom is -0.311 e. The summed E-state index contributed by atoms with van der Waals surface area (Å²) in [6, 6.07) is 7.82. The number of hydrogen-bond acceptors (Lipinski definition) is 4. The molecule has 0 spiro atoms. The van der Waals surface area contributed by atoms with Crippen LogP contribution in [0.15, 0.2) is 29.1 Å². The van der Waals surface area contributed by atoms with Gasteiger partial charge in [0.05, 0.1) is 5.39 Å². The fraction of sp³-hybridized carbons (Fsp3) is 0.350.